The molecular weight excluding hydrogens is 525 g/mol. The number of hydrogen-bond donors (Lipinski definition) is 3. The third-order valence-corrected chi connectivity index (χ3v) is 7.42. The van der Waals surface area contributed by atoms with Crippen molar-refractivity contribution in [3.8, 4) is 0 Å². The first-order valence-corrected chi connectivity index (χ1v) is 14.1. The van der Waals surface area contributed by atoms with Gasteiger partial charge in [0.2, 0.25) is 0 Å². The minimum atomic E-state index is -1.19. The molecule has 1 aliphatic carbocycles. The third-order valence-electron chi connectivity index (χ3n) is 7.13. The zero-order valence-corrected chi connectivity index (χ0v) is 22.9. The second kappa shape index (κ2) is 14.5. The van der Waals surface area contributed by atoms with Crippen LogP contribution in [0.5, 0.6) is 0 Å². The van der Waals surface area contributed by atoms with Crippen molar-refractivity contribution in [3.05, 3.63) is 52.2 Å². The van der Waals surface area contributed by atoms with E-state index in [9.17, 15) is 19.1 Å². The molecule has 39 heavy (non-hydrogen) atoms. The van der Waals surface area contributed by atoms with Crippen LogP contribution in [0.2, 0.25) is 5.02 Å². The van der Waals surface area contributed by atoms with Gasteiger partial charge >= 0.3 is 5.97 Å². The molecule has 1 atom stereocenters. The molecule has 1 saturated carbocycles. The lowest BCUT2D eigenvalue weighted by Gasteiger charge is -2.24. The molecule has 1 aliphatic heterocycles. The lowest BCUT2D eigenvalue weighted by atomic mass is 10.1. The maximum absolute atomic E-state index is 14.1. The Morgan fingerprint density at radius 2 is 2.08 bits per heavy atom. The van der Waals surface area contributed by atoms with Gasteiger partial charge in [0.1, 0.15) is 11.9 Å². The average Bonchev–Trinajstić information content (AvgIpc) is 3.75. The number of amides is 1. The summed E-state index contributed by atoms with van der Waals surface area (Å²) in [6.45, 7) is 4.16. The summed E-state index contributed by atoms with van der Waals surface area (Å²) in [4.78, 5) is 35.0. The van der Waals surface area contributed by atoms with Crippen molar-refractivity contribution in [1.29, 1.82) is 0 Å². The number of aliphatic carboxylic acids is 1. The number of nitrogens with one attached hydrogen (secondary N) is 2. The van der Waals surface area contributed by atoms with Crippen molar-refractivity contribution < 1.29 is 23.8 Å². The van der Waals surface area contributed by atoms with Crippen LogP contribution >= 0.6 is 11.6 Å². The fourth-order valence-corrected chi connectivity index (χ4v) is 4.87. The number of nitrogens with zero attached hydrogens (tertiary/aromatic N) is 3. The van der Waals surface area contributed by atoms with E-state index in [1.165, 1.54) is 18.4 Å². The average molecular weight is 562 g/mol. The monoisotopic (exact) mass is 561 g/mol. The molecule has 1 unspecified atom stereocenters. The molecule has 212 valence electrons. The first-order chi connectivity index (χ1) is 18.9. The van der Waals surface area contributed by atoms with Gasteiger partial charge in [-0.1, -0.05) is 17.7 Å². The molecule has 3 N–H and O–H groups in total. The van der Waals surface area contributed by atoms with Gasteiger partial charge in [0, 0.05) is 38.1 Å². The Morgan fingerprint density at radius 1 is 1.23 bits per heavy atom. The molecule has 0 aromatic carbocycles. The van der Waals surface area contributed by atoms with Crippen LogP contribution in [0.25, 0.3) is 0 Å². The van der Waals surface area contributed by atoms with Crippen LogP contribution in [0.1, 0.15) is 60.1 Å². The van der Waals surface area contributed by atoms with E-state index in [0.29, 0.717) is 25.6 Å². The van der Waals surface area contributed by atoms with Crippen LogP contribution < -0.4 is 10.6 Å². The van der Waals surface area contributed by atoms with Gasteiger partial charge in [-0.05, 0) is 75.5 Å². The van der Waals surface area contributed by atoms with E-state index in [1.54, 1.807) is 0 Å². The fourth-order valence-electron chi connectivity index (χ4n) is 4.64. The Hall–Kier alpha value is -2.82. The Bertz CT molecular complexity index is 1110. The number of carbonyl (C=O) groups is 2. The fraction of sp³-hybridized carbons (Fsp3) is 0.571. The molecule has 3 heterocycles. The number of hydrogen-bond acceptors (Lipinski definition) is 7. The maximum Gasteiger partial charge on any atom is 0.326 e. The van der Waals surface area contributed by atoms with E-state index in [-0.39, 0.29) is 11.4 Å². The Morgan fingerprint density at radius 3 is 2.85 bits per heavy atom. The number of carboxylic acid groups (broad SMARTS) is 1. The molecule has 2 aromatic heterocycles. The first kappa shape index (κ1) is 29.2. The number of anilines is 1. The smallest absolute Gasteiger partial charge is 0.326 e. The number of aromatic nitrogens is 2. The standard InChI is InChI=1S/C28H37ClFN5O4/c29-22-16-31-17-23(30)25(22)27(36)34-24(28(37)38)10-13-35(14-15-39-18-19-6-7-19)12-2-1-5-21-9-8-20-4-3-11-32-26(20)33-21/h8-9,16-17,19,24H,1-7,10-15,18H2,(H,32,33)(H,34,36)(H,37,38). The van der Waals surface area contributed by atoms with Crippen molar-refractivity contribution in [2.75, 3.05) is 44.7 Å². The van der Waals surface area contributed by atoms with Gasteiger partial charge in [-0.2, -0.15) is 0 Å². The summed E-state index contributed by atoms with van der Waals surface area (Å²) < 4.78 is 19.9. The number of halogens is 2. The first-order valence-electron chi connectivity index (χ1n) is 13.8. The van der Waals surface area contributed by atoms with Crippen molar-refractivity contribution >= 4 is 29.3 Å². The molecule has 9 nitrogen and oxygen atoms in total. The van der Waals surface area contributed by atoms with Gasteiger partial charge in [0.15, 0.2) is 5.82 Å². The number of carboxylic acids is 1. The van der Waals surface area contributed by atoms with Gasteiger partial charge in [-0.25, -0.2) is 14.2 Å². The quantitative estimate of drug-likeness (QED) is 0.264. The zero-order chi connectivity index (χ0) is 27.6. The summed E-state index contributed by atoms with van der Waals surface area (Å²) in [5.74, 6) is -1.29. The van der Waals surface area contributed by atoms with E-state index in [4.69, 9.17) is 21.3 Å². The van der Waals surface area contributed by atoms with Gasteiger partial charge in [0.05, 0.1) is 23.4 Å². The zero-order valence-electron chi connectivity index (χ0n) is 22.1. The predicted octanol–water partition coefficient (Wildman–Crippen LogP) is 3.95. The molecular formula is C28H37ClFN5O4. The third kappa shape index (κ3) is 9.12. The van der Waals surface area contributed by atoms with Crippen molar-refractivity contribution in [2.45, 2.75) is 57.4 Å². The van der Waals surface area contributed by atoms with Gasteiger partial charge in [-0.3, -0.25) is 9.78 Å². The highest BCUT2D eigenvalue weighted by molar-refractivity contribution is 6.33. The summed E-state index contributed by atoms with van der Waals surface area (Å²) in [6, 6.07) is 3.08. The van der Waals surface area contributed by atoms with Gasteiger partial charge < -0.3 is 25.4 Å². The lowest BCUT2D eigenvalue weighted by Crippen LogP contribution is -2.44. The normalized spacial score (nSPS) is 15.5. The topological polar surface area (TPSA) is 117 Å². The summed E-state index contributed by atoms with van der Waals surface area (Å²) >= 11 is 5.92. The van der Waals surface area contributed by atoms with Gasteiger partial charge in [-0.15, -0.1) is 0 Å². The van der Waals surface area contributed by atoms with Crippen molar-refractivity contribution in [1.82, 2.24) is 20.2 Å². The molecule has 1 amide bonds. The summed E-state index contributed by atoms with van der Waals surface area (Å²) in [5, 5.41) is 15.3. The number of unbranched alkanes of at least 4 members (excludes halogenated alkanes) is 1. The summed E-state index contributed by atoms with van der Waals surface area (Å²) in [6.07, 6.45) is 9.55. The number of aryl methyl sites for hydroxylation is 2. The molecule has 4 rings (SSSR count). The number of ether oxygens (including phenoxy) is 1. The lowest BCUT2D eigenvalue weighted by molar-refractivity contribution is -0.139. The van der Waals surface area contributed by atoms with E-state index in [2.05, 4.69) is 32.7 Å². The van der Waals surface area contributed by atoms with Gasteiger partial charge in [0.25, 0.3) is 5.91 Å². The Balaban J connectivity index is 1.28. The Labute approximate surface area is 233 Å². The molecule has 0 bridgehead atoms. The Kier molecular flexibility index (Phi) is 10.9. The van der Waals surface area contributed by atoms with Crippen LogP contribution in [0, 0.1) is 11.7 Å². The highest BCUT2D eigenvalue weighted by atomic mass is 35.5. The second-order valence-corrected chi connectivity index (χ2v) is 10.7. The van der Waals surface area contributed by atoms with E-state index >= 15 is 0 Å². The highest BCUT2D eigenvalue weighted by Crippen LogP contribution is 2.28. The summed E-state index contributed by atoms with van der Waals surface area (Å²) in [7, 11) is 0. The minimum absolute atomic E-state index is 0.159. The number of rotatable bonds is 16. The molecule has 2 aromatic rings. The van der Waals surface area contributed by atoms with E-state index < -0.39 is 29.3 Å². The van der Waals surface area contributed by atoms with E-state index in [1.807, 2.05) is 0 Å². The second-order valence-electron chi connectivity index (χ2n) is 10.3. The van der Waals surface area contributed by atoms with E-state index in [0.717, 1.165) is 75.7 Å². The molecule has 0 saturated heterocycles. The van der Waals surface area contributed by atoms with Crippen molar-refractivity contribution in [3.63, 3.8) is 0 Å². The van der Waals surface area contributed by atoms with Crippen LogP contribution in [0.4, 0.5) is 10.2 Å². The summed E-state index contributed by atoms with van der Waals surface area (Å²) in [5.41, 5.74) is 1.93. The SMILES string of the molecule is O=C(NC(CCN(CCCCc1ccc2c(n1)NCCC2)CCOCC1CC1)C(=O)O)c1c(F)cncc1Cl. The highest BCUT2D eigenvalue weighted by Gasteiger charge is 2.25. The molecule has 11 heteroatoms. The largest absolute Gasteiger partial charge is 0.480 e. The number of fused-ring (bicyclic) bond motifs is 1. The van der Waals surface area contributed by atoms with Crippen LogP contribution in [-0.2, 0) is 22.4 Å². The van der Waals surface area contributed by atoms with Crippen molar-refractivity contribution in [2.24, 2.45) is 5.92 Å². The molecule has 1 fully saturated rings. The van der Waals surface area contributed by atoms with Crippen LogP contribution in [0.15, 0.2) is 24.5 Å². The van der Waals surface area contributed by atoms with Crippen LogP contribution in [-0.4, -0.2) is 77.3 Å². The minimum Gasteiger partial charge on any atom is -0.480 e. The number of carbonyl (C=O) groups excluding carboxylic acids is 1. The predicted molar refractivity (Wildman–Crippen MR) is 147 cm³/mol. The molecule has 2 aliphatic rings. The molecule has 0 spiro atoms. The molecule has 0 radical (unpaired) electrons. The number of pyridine rings is 2. The maximum atomic E-state index is 14.1. The van der Waals surface area contributed by atoms with Crippen LogP contribution in [0.3, 0.4) is 0 Å².